The van der Waals surface area contributed by atoms with Gasteiger partial charge in [-0.25, -0.2) is 0 Å². The monoisotopic (exact) mass is 183 g/mol. The summed E-state index contributed by atoms with van der Waals surface area (Å²) in [6.07, 6.45) is 5.54. The number of rotatable bonds is 2. The fourth-order valence-electron chi connectivity index (χ4n) is 2.78. The molecule has 1 saturated heterocycles. The van der Waals surface area contributed by atoms with Crippen LogP contribution in [0, 0.1) is 11.8 Å². The second-order valence-electron chi connectivity index (χ2n) is 5.09. The van der Waals surface area contributed by atoms with Gasteiger partial charge in [0.1, 0.15) is 0 Å². The topological polar surface area (TPSA) is 12.0 Å². The van der Waals surface area contributed by atoms with Crippen LogP contribution >= 0.6 is 0 Å². The molecule has 0 saturated carbocycles. The van der Waals surface area contributed by atoms with E-state index in [1.807, 2.05) is 0 Å². The number of hydrogen-bond donors (Lipinski definition) is 1. The molecule has 1 aliphatic heterocycles. The van der Waals surface area contributed by atoms with Gasteiger partial charge in [-0.15, -0.1) is 0 Å². The van der Waals surface area contributed by atoms with Crippen molar-refractivity contribution in [1.82, 2.24) is 5.32 Å². The van der Waals surface area contributed by atoms with Crippen molar-refractivity contribution in [2.75, 3.05) is 6.54 Å². The third kappa shape index (κ3) is 2.25. The summed E-state index contributed by atoms with van der Waals surface area (Å²) < 4.78 is 0. The molecule has 0 aliphatic carbocycles. The smallest absolute Gasteiger partial charge is 0.0227 e. The van der Waals surface area contributed by atoms with Crippen LogP contribution in [0.1, 0.15) is 53.4 Å². The quantitative estimate of drug-likeness (QED) is 0.693. The van der Waals surface area contributed by atoms with E-state index in [9.17, 15) is 0 Å². The average molecular weight is 183 g/mol. The molecule has 0 bridgehead atoms. The Kier molecular flexibility index (Phi) is 3.78. The molecule has 0 aromatic rings. The van der Waals surface area contributed by atoms with Crippen LogP contribution in [0.5, 0.6) is 0 Å². The van der Waals surface area contributed by atoms with E-state index in [0.29, 0.717) is 5.54 Å². The van der Waals surface area contributed by atoms with Crippen molar-refractivity contribution in [3.05, 3.63) is 0 Å². The molecule has 13 heavy (non-hydrogen) atoms. The highest BCUT2D eigenvalue weighted by molar-refractivity contribution is 4.94. The van der Waals surface area contributed by atoms with Crippen LogP contribution in [-0.4, -0.2) is 12.1 Å². The molecule has 1 heterocycles. The molecule has 78 valence electrons. The molecule has 0 spiro atoms. The molecule has 1 nitrogen and oxygen atoms in total. The first-order chi connectivity index (χ1) is 6.09. The highest BCUT2D eigenvalue weighted by Crippen LogP contribution is 2.33. The summed E-state index contributed by atoms with van der Waals surface area (Å²) in [6, 6.07) is 0. The molecule has 0 aromatic carbocycles. The van der Waals surface area contributed by atoms with Crippen LogP contribution < -0.4 is 5.32 Å². The minimum absolute atomic E-state index is 0.413. The van der Waals surface area contributed by atoms with E-state index in [0.717, 1.165) is 11.8 Å². The fraction of sp³-hybridized carbons (Fsp3) is 1.00. The van der Waals surface area contributed by atoms with Crippen LogP contribution in [0.25, 0.3) is 0 Å². The van der Waals surface area contributed by atoms with Crippen molar-refractivity contribution >= 4 is 0 Å². The van der Waals surface area contributed by atoms with E-state index < -0.39 is 0 Å². The maximum Gasteiger partial charge on any atom is 0.0227 e. The van der Waals surface area contributed by atoms with Gasteiger partial charge in [0.05, 0.1) is 0 Å². The van der Waals surface area contributed by atoms with Gasteiger partial charge in [-0.05, 0) is 31.2 Å². The van der Waals surface area contributed by atoms with Crippen LogP contribution in [-0.2, 0) is 0 Å². The first-order valence-corrected chi connectivity index (χ1v) is 5.84. The summed E-state index contributed by atoms with van der Waals surface area (Å²) in [5.74, 6) is 1.51. The maximum atomic E-state index is 3.79. The molecule has 0 aromatic heterocycles. The van der Waals surface area contributed by atoms with E-state index >= 15 is 0 Å². The van der Waals surface area contributed by atoms with E-state index in [-0.39, 0.29) is 0 Å². The first-order valence-electron chi connectivity index (χ1n) is 5.84. The zero-order valence-electron chi connectivity index (χ0n) is 9.69. The normalized spacial score (nSPS) is 23.5. The van der Waals surface area contributed by atoms with Crippen LogP contribution in [0.15, 0.2) is 0 Å². The van der Waals surface area contributed by atoms with Crippen molar-refractivity contribution < 1.29 is 0 Å². The van der Waals surface area contributed by atoms with Crippen molar-refractivity contribution in [1.29, 1.82) is 0 Å². The Hall–Kier alpha value is -0.0400. The summed E-state index contributed by atoms with van der Waals surface area (Å²) in [6.45, 7) is 10.7. The van der Waals surface area contributed by atoms with Crippen molar-refractivity contribution in [3.8, 4) is 0 Å². The number of nitrogens with one attached hydrogen (secondary N) is 1. The summed E-state index contributed by atoms with van der Waals surface area (Å²) in [5.41, 5.74) is 0.413. The molecule has 0 atom stereocenters. The van der Waals surface area contributed by atoms with Gasteiger partial charge in [0, 0.05) is 5.54 Å². The SMILES string of the molecule is CC(C)C1(C(C)C)CCCCCN1. The summed E-state index contributed by atoms with van der Waals surface area (Å²) >= 11 is 0. The summed E-state index contributed by atoms with van der Waals surface area (Å²) in [4.78, 5) is 0. The largest absolute Gasteiger partial charge is 0.311 e. The lowest BCUT2D eigenvalue weighted by molar-refractivity contribution is 0.158. The highest BCUT2D eigenvalue weighted by Gasteiger charge is 2.36. The molecule has 0 unspecified atom stereocenters. The van der Waals surface area contributed by atoms with Crippen LogP contribution in [0.4, 0.5) is 0 Å². The van der Waals surface area contributed by atoms with Crippen molar-refractivity contribution in [2.45, 2.75) is 58.9 Å². The van der Waals surface area contributed by atoms with E-state index in [4.69, 9.17) is 0 Å². The Bertz CT molecular complexity index is 131. The van der Waals surface area contributed by atoms with Crippen LogP contribution in [0.2, 0.25) is 0 Å². The second-order valence-corrected chi connectivity index (χ2v) is 5.09. The van der Waals surface area contributed by atoms with Crippen molar-refractivity contribution in [2.24, 2.45) is 11.8 Å². The molecule has 1 N–H and O–H groups in total. The zero-order valence-corrected chi connectivity index (χ0v) is 9.69. The lowest BCUT2D eigenvalue weighted by Gasteiger charge is -2.42. The van der Waals surface area contributed by atoms with Gasteiger partial charge in [0.25, 0.3) is 0 Å². The standard InChI is InChI=1S/C12H25N/c1-10(2)12(11(3)4)8-6-5-7-9-13-12/h10-11,13H,5-9H2,1-4H3. The minimum Gasteiger partial charge on any atom is -0.311 e. The van der Waals surface area contributed by atoms with E-state index in [1.165, 1.54) is 32.2 Å². The maximum absolute atomic E-state index is 3.79. The molecule has 0 radical (unpaired) electrons. The third-order valence-corrected chi connectivity index (χ3v) is 3.78. The Labute approximate surface area is 83.3 Å². The molecule has 1 aliphatic rings. The van der Waals surface area contributed by atoms with Gasteiger partial charge < -0.3 is 5.32 Å². The summed E-state index contributed by atoms with van der Waals surface area (Å²) in [7, 11) is 0. The molecular weight excluding hydrogens is 158 g/mol. The Morgan fingerprint density at radius 3 is 2.08 bits per heavy atom. The lowest BCUT2D eigenvalue weighted by atomic mass is 9.74. The van der Waals surface area contributed by atoms with Gasteiger partial charge >= 0.3 is 0 Å². The fourth-order valence-corrected chi connectivity index (χ4v) is 2.78. The molecule has 0 amide bonds. The molecular formula is C12H25N. The lowest BCUT2D eigenvalue weighted by Crippen LogP contribution is -2.53. The Balaban J connectivity index is 2.74. The first kappa shape index (κ1) is 11.0. The van der Waals surface area contributed by atoms with Gasteiger partial charge in [-0.1, -0.05) is 40.5 Å². The van der Waals surface area contributed by atoms with Crippen molar-refractivity contribution in [3.63, 3.8) is 0 Å². The molecule has 1 fully saturated rings. The number of hydrogen-bond acceptors (Lipinski definition) is 1. The predicted octanol–water partition coefficient (Wildman–Crippen LogP) is 3.20. The highest BCUT2D eigenvalue weighted by atomic mass is 15.0. The van der Waals surface area contributed by atoms with Gasteiger partial charge in [0.2, 0.25) is 0 Å². The second kappa shape index (κ2) is 4.45. The Morgan fingerprint density at radius 2 is 1.54 bits per heavy atom. The van der Waals surface area contributed by atoms with Gasteiger partial charge in [-0.3, -0.25) is 0 Å². The third-order valence-electron chi connectivity index (χ3n) is 3.78. The summed E-state index contributed by atoms with van der Waals surface area (Å²) in [5, 5.41) is 3.79. The predicted molar refractivity (Wildman–Crippen MR) is 58.9 cm³/mol. The Morgan fingerprint density at radius 1 is 0.923 bits per heavy atom. The van der Waals surface area contributed by atoms with Gasteiger partial charge in [-0.2, -0.15) is 0 Å². The van der Waals surface area contributed by atoms with Crippen LogP contribution in [0.3, 0.4) is 0 Å². The van der Waals surface area contributed by atoms with E-state index in [2.05, 4.69) is 33.0 Å². The average Bonchev–Trinajstić information content (AvgIpc) is 2.28. The molecule has 1 heteroatoms. The van der Waals surface area contributed by atoms with Gasteiger partial charge in [0.15, 0.2) is 0 Å². The zero-order chi connectivity index (χ0) is 9.90. The molecule has 1 rings (SSSR count). The minimum atomic E-state index is 0.413. The van der Waals surface area contributed by atoms with E-state index in [1.54, 1.807) is 0 Å².